The van der Waals surface area contributed by atoms with Gasteiger partial charge in [0.25, 0.3) is 0 Å². The van der Waals surface area contributed by atoms with Gasteiger partial charge in [-0.3, -0.25) is 0 Å². The van der Waals surface area contributed by atoms with Crippen molar-refractivity contribution in [2.24, 2.45) is 5.92 Å². The van der Waals surface area contributed by atoms with Crippen molar-refractivity contribution in [3.63, 3.8) is 0 Å². The van der Waals surface area contributed by atoms with Crippen LogP contribution in [-0.2, 0) is 0 Å². The number of benzene rings is 2. The van der Waals surface area contributed by atoms with E-state index in [-0.39, 0.29) is 0 Å². The highest BCUT2D eigenvalue weighted by Crippen LogP contribution is 2.48. The van der Waals surface area contributed by atoms with Crippen LogP contribution in [0, 0.1) is 5.92 Å². The minimum Gasteiger partial charge on any atom is -0.167 e. The molecule has 2 aromatic carbocycles. The molecule has 3 atom stereocenters. The monoisotopic (exact) mass is 540 g/mol. The van der Waals surface area contributed by atoms with Crippen molar-refractivity contribution in [1.29, 1.82) is 0 Å². The van der Waals surface area contributed by atoms with E-state index in [4.69, 9.17) is 22.2 Å². The van der Waals surface area contributed by atoms with E-state index in [2.05, 4.69) is 93.8 Å². The van der Waals surface area contributed by atoms with Crippen LogP contribution >= 0.6 is 22.2 Å². The Morgan fingerprint density at radius 3 is 1.89 bits per heavy atom. The molecular formula is C31H42Cl2Si2. The molecule has 0 aliphatic heterocycles. The van der Waals surface area contributed by atoms with Crippen LogP contribution in [0.25, 0.3) is 11.1 Å². The standard InChI is InChI=1S/C31H42Cl2Si2/c1-6-7-14-23(29-22-31(35(4,5)33)28-20-13-11-18-26(28)29)15-8-9-16-24-21-30(34(2,3)32)27-19-12-10-17-25(24)27/h10-13,17-23,30-31H,6-9,14-16H2,1-5H3. The molecule has 3 unspecified atom stereocenters. The smallest absolute Gasteiger partial charge is 0.161 e. The molecule has 2 aliphatic carbocycles. The molecule has 0 amide bonds. The first-order valence-electron chi connectivity index (χ1n) is 13.6. The van der Waals surface area contributed by atoms with Gasteiger partial charge < -0.3 is 0 Å². The fourth-order valence-corrected chi connectivity index (χ4v) is 10.4. The molecule has 0 N–H and O–H groups in total. The molecule has 2 aliphatic rings. The minimum atomic E-state index is -1.83. The average molecular weight is 542 g/mol. The molecule has 2 aromatic rings. The first-order valence-corrected chi connectivity index (χ1v) is 21.8. The number of hydrogen-bond acceptors (Lipinski definition) is 0. The first-order chi connectivity index (χ1) is 16.6. The zero-order valence-electron chi connectivity index (χ0n) is 22.2. The topological polar surface area (TPSA) is 0 Å². The molecule has 0 spiro atoms. The third-order valence-corrected chi connectivity index (χ3v) is 13.4. The van der Waals surface area contributed by atoms with Crippen LogP contribution in [0.5, 0.6) is 0 Å². The second-order valence-electron chi connectivity index (χ2n) is 11.7. The number of hydrogen-bond donors (Lipinski definition) is 0. The number of fused-ring (bicyclic) bond motifs is 2. The van der Waals surface area contributed by atoms with Crippen LogP contribution in [0.1, 0.15) is 85.2 Å². The highest BCUT2D eigenvalue weighted by Gasteiger charge is 2.38. The Bertz CT molecular complexity index is 1090. The lowest BCUT2D eigenvalue weighted by molar-refractivity contribution is 0.505. The van der Waals surface area contributed by atoms with Gasteiger partial charge in [-0.2, -0.15) is 22.2 Å². The van der Waals surface area contributed by atoms with E-state index < -0.39 is 14.8 Å². The summed E-state index contributed by atoms with van der Waals surface area (Å²) >= 11 is 13.9. The molecule has 4 heteroatoms. The highest BCUT2D eigenvalue weighted by molar-refractivity contribution is 7.20. The molecule has 0 nitrogen and oxygen atoms in total. The normalized spacial score (nSPS) is 20.3. The highest BCUT2D eigenvalue weighted by atomic mass is 35.6. The van der Waals surface area contributed by atoms with E-state index in [0.29, 0.717) is 17.0 Å². The second-order valence-corrected chi connectivity index (χ2v) is 25.0. The Labute approximate surface area is 225 Å². The van der Waals surface area contributed by atoms with Gasteiger partial charge in [-0.1, -0.05) is 113 Å². The van der Waals surface area contributed by atoms with Crippen LogP contribution < -0.4 is 0 Å². The summed E-state index contributed by atoms with van der Waals surface area (Å²) in [6.07, 6.45) is 13.9. The van der Waals surface area contributed by atoms with E-state index >= 15 is 0 Å². The van der Waals surface area contributed by atoms with Crippen LogP contribution in [0.3, 0.4) is 0 Å². The molecule has 35 heavy (non-hydrogen) atoms. The van der Waals surface area contributed by atoms with Crippen molar-refractivity contribution in [1.82, 2.24) is 0 Å². The maximum Gasteiger partial charge on any atom is 0.161 e. The molecule has 0 bridgehead atoms. The van der Waals surface area contributed by atoms with Crippen LogP contribution in [-0.4, -0.2) is 14.8 Å². The summed E-state index contributed by atoms with van der Waals surface area (Å²) in [4.78, 5) is 0. The van der Waals surface area contributed by atoms with Gasteiger partial charge in [0, 0.05) is 11.1 Å². The maximum atomic E-state index is 7.01. The number of allylic oxidation sites excluding steroid dienone is 4. The van der Waals surface area contributed by atoms with Crippen LogP contribution in [0.15, 0.2) is 60.7 Å². The Morgan fingerprint density at radius 2 is 1.26 bits per heavy atom. The van der Waals surface area contributed by atoms with Crippen molar-refractivity contribution >= 4 is 48.1 Å². The molecule has 0 saturated heterocycles. The van der Waals surface area contributed by atoms with E-state index in [1.807, 2.05) is 0 Å². The lowest BCUT2D eigenvalue weighted by Gasteiger charge is -2.21. The summed E-state index contributed by atoms with van der Waals surface area (Å²) in [5, 5.41) is 0. The van der Waals surface area contributed by atoms with Crippen molar-refractivity contribution in [2.75, 3.05) is 0 Å². The summed E-state index contributed by atoms with van der Waals surface area (Å²) in [6.45, 7) is 11.5. The van der Waals surface area contributed by atoms with Gasteiger partial charge >= 0.3 is 0 Å². The SMILES string of the molecule is CCCCC(CCCCC1=CC([Si](C)(C)Cl)c2ccccc21)C1=CC([Si](C)(C)Cl)c2ccccc21. The van der Waals surface area contributed by atoms with Gasteiger partial charge in [0.1, 0.15) is 0 Å². The second kappa shape index (κ2) is 11.1. The molecule has 0 radical (unpaired) electrons. The van der Waals surface area contributed by atoms with E-state index in [9.17, 15) is 0 Å². The van der Waals surface area contributed by atoms with Gasteiger partial charge in [-0.25, -0.2) is 0 Å². The van der Waals surface area contributed by atoms with E-state index in [1.54, 1.807) is 5.57 Å². The van der Waals surface area contributed by atoms with E-state index in [1.165, 1.54) is 66.4 Å². The predicted octanol–water partition coefficient (Wildman–Crippen LogP) is 10.7. The molecule has 4 rings (SSSR count). The summed E-state index contributed by atoms with van der Waals surface area (Å²) < 4.78 is 0. The summed E-state index contributed by atoms with van der Waals surface area (Å²) in [7, 11) is -3.62. The summed E-state index contributed by atoms with van der Waals surface area (Å²) in [5.74, 6) is 0.640. The van der Waals surface area contributed by atoms with Crippen molar-refractivity contribution in [2.45, 2.75) is 89.1 Å². The zero-order valence-corrected chi connectivity index (χ0v) is 25.7. The zero-order chi connectivity index (χ0) is 25.2. The molecule has 0 saturated carbocycles. The van der Waals surface area contributed by atoms with Gasteiger partial charge in [0.15, 0.2) is 14.8 Å². The van der Waals surface area contributed by atoms with Gasteiger partial charge in [-0.15, -0.1) is 0 Å². The van der Waals surface area contributed by atoms with Crippen molar-refractivity contribution < 1.29 is 0 Å². The molecule has 0 fully saturated rings. The fraction of sp³-hybridized carbons (Fsp3) is 0.484. The third kappa shape index (κ3) is 6.09. The van der Waals surface area contributed by atoms with E-state index in [0.717, 1.165) is 6.42 Å². The Morgan fingerprint density at radius 1 is 0.714 bits per heavy atom. The lowest BCUT2D eigenvalue weighted by atomic mass is 9.85. The average Bonchev–Trinajstić information content (AvgIpc) is 3.38. The van der Waals surface area contributed by atoms with Gasteiger partial charge in [-0.05, 0) is 65.0 Å². The number of unbranched alkanes of at least 4 members (excludes halogenated alkanes) is 2. The van der Waals surface area contributed by atoms with Crippen LogP contribution in [0.4, 0.5) is 0 Å². The maximum absolute atomic E-state index is 7.01. The molecule has 0 heterocycles. The largest absolute Gasteiger partial charge is 0.167 e. The minimum absolute atomic E-state index is 0.430. The Hall–Kier alpha value is -1.07. The third-order valence-electron chi connectivity index (χ3n) is 8.04. The molecule has 0 aromatic heterocycles. The van der Waals surface area contributed by atoms with Crippen molar-refractivity contribution in [3.8, 4) is 0 Å². The van der Waals surface area contributed by atoms with Gasteiger partial charge in [0.05, 0.1) is 0 Å². The number of halogens is 2. The van der Waals surface area contributed by atoms with Crippen molar-refractivity contribution in [3.05, 3.63) is 82.9 Å². The quantitative estimate of drug-likeness (QED) is 0.151. The lowest BCUT2D eigenvalue weighted by Crippen LogP contribution is -2.25. The first kappa shape index (κ1) is 27.0. The van der Waals surface area contributed by atoms with Crippen LogP contribution in [0.2, 0.25) is 26.2 Å². The summed E-state index contributed by atoms with van der Waals surface area (Å²) in [6, 6.07) is 18.0. The fourth-order valence-electron chi connectivity index (χ4n) is 6.15. The predicted molar refractivity (Wildman–Crippen MR) is 162 cm³/mol. The molecule has 188 valence electrons. The Kier molecular flexibility index (Phi) is 8.58. The number of rotatable bonds is 11. The Balaban J connectivity index is 1.46. The van der Waals surface area contributed by atoms with Gasteiger partial charge in [0.2, 0.25) is 0 Å². The molecular weight excluding hydrogens is 499 g/mol. The summed E-state index contributed by atoms with van der Waals surface area (Å²) in [5.41, 5.74) is 9.84.